The number of aromatic nitrogens is 5. The first kappa shape index (κ1) is 15.9. The predicted octanol–water partition coefficient (Wildman–Crippen LogP) is 3.53. The van der Waals surface area contributed by atoms with Crippen molar-refractivity contribution in [3.63, 3.8) is 0 Å². The first-order valence-corrected chi connectivity index (χ1v) is 8.08. The van der Waals surface area contributed by atoms with Crippen molar-refractivity contribution in [3.8, 4) is 5.75 Å². The van der Waals surface area contributed by atoms with E-state index in [4.69, 9.17) is 20.9 Å². The molecule has 0 bridgehead atoms. The second-order valence-corrected chi connectivity index (χ2v) is 6.17. The van der Waals surface area contributed by atoms with Gasteiger partial charge < -0.3 is 9.26 Å². The van der Waals surface area contributed by atoms with Crippen molar-refractivity contribution in [2.75, 3.05) is 0 Å². The summed E-state index contributed by atoms with van der Waals surface area (Å²) in [6.07, 6.45) is 2.55. The van der Waals surface area contributed by atoms with Crippen molar-refractivity contribution in [1.82, 2.24) is 25.6 Å². The molecule has 1 atom stereocenters. The molecular weight excluding hydrogens is 386 g/mol. The Bertz CT molecular complexity index is 777. The molecule has 0 radical (unpaired) electrons. The highest BCUT2D eigenvalue weighted by Crippen LogP contribution is 2.30. The Kier molecular flexibility index (Phi) is 4.92. The molecule has 0 spiro atoms. The van der Waals surface area contributed by atoms with E-state index in [9.17, 15) is 0 Å². The molecule has 23 heavy (non-hydrogen) atoms. The summed E-state index contributed by atoms with van der Waals surface area (Å²) in [6, 6.07) is 5.41. The molecule has 3 rings (SSSR count). The van der Waals surface area contributed by atoms with E-state index in [0.29, 0.717) is 35.3 Å². The zero-order valence-corrected chi connectivity index (χ0v) is 14.5. The molecule has 9 heteroatoms. The van der Waals surface area contributed by atoms with Crippen molar-refractivity contribution < 1.29 is 9.26 Å². The lowest BCUT2D eigenvalue weighted by molar-refractivity contribution is 0.211. The van der Waals surface area contributed by atoms with Crippen LogP contribution in [0, 0.1) is 0 Å². The summed E-state index contributed by atoms with van der Waals surface area (Å²) in [6.45, 7) is 1.84. The number of nitrogens with one attached hydrogen (secondary N) is 1. The van der Waals surface area contributed by atoms with E-state index in [0.717, 1.165) is 10.2 Å². The van der Waals surface area contributed by atoms with Crippen LogP contribution in [0.3, 0.4) is 0 Å². The van der Waals surface area contributed by atoms with E-state index in [1.54, 1.807) is 18.3 Å². The largest absolute Gasteiger partial charge is 0.481 e. The maximum atomic E-state index is 6.14. The number of benzene rings is 1. The smallest absolute Gasteiger partial charge is 0.227 e. The summed E-state index contributed by atoms with van der Waals surface area (Å²) < 4.78 is 11.9. The minimum Gasteiger partial charge on any atom is -0.481 e. The van der Waals surface area contributed by atoms with Gasteiger partial charge in [-0.15, -0.1) is 0 Å². The van der Waals surface area contributed by atoms with Gasteiger partial charge in [-0.05, 0) is 25.1 Å². The van der Waals surface area contributed by atoms with Crippen LogP contribution in [-0.4, -0.2) is 25.6 Å². The first-order valence-electron chi connectivity index (χ1n) is 6.90. The van der Waals surface area contributed by atoms with E-state index < -0.39 is 0 Å². The molecule has 3 aromatic rings. The van der Waals surface area contributed by atoms with Crippen LogP contribution in [0.25, 0.3) is 0 Å². The lowest BCUT2D eigenvalue weighted by Gasteiger charge is -2.12. The zero-order valence-electron chi connectivity index (χ0n) is 12.2. The van der Waals surface area contributed by atoms with Crippen molar-refractivity contribution in [3.05, 3.63) is 51.3 Å². The highest BCUT2D eigenvalue weighted by molar-refractivity contribution is 9.10. The molecule has 0 saturated carbocycles. The standard InChI is InChI=1S/C14H13BrClN5O2/c1-8(22-12-4-2-9(15)6-11(12)16)14-18-13(23-20-14)5-3-10-7-17-21-19-10/h2,4,6-8H,3,5H2,1H3,(H,17,19,21). The number of hydrogen-bond acceptors (Lipinski definition) is 6. The summed E-state index contributed by atoms with van der Waals surface area (Å²) in [5, 5.41) is 14.8. The minimum absolute atomic E-state index is 0.377. The molecule has 1 unspecified atom stereocenters. The normalized spacial score (nSPS) is 12.3. The van der Waals surface area contributed by atoms with Gasteiger partial charge in [-0.2, -0.15) is 20.4 Å². The monoisotopic (exact) mass is 397 g/mol. The molecule has 0 aliphatic heterocycles. The average molecular weight is 399 g/mol. The van der Waals surface area contributed by atoms with Crippen LogP contribution in [0.15, 0.2) is 33.4 Å². The number of halogens is 2. The van der Waals surface area contributed by atoms with Crippen LogP contribution in [0.2, 0.25) is 5.02 Å². The first-order chi connectivity index (χ1) is 11.1. The Balaban J connectivity index is 1.62. The highest BCUT2D eigenvalue weighted by Gasteiger charge is 2.17. The fourth-order valence-corrected chi connectivity index (χ4v) is 2.65. The third-order valence-electron chi connectivity index (χ3n) is 3.10. The maximum absolute atomic E-state index is 6.14. The van der Waals surface area contributed by atoms with Crippen LogP contribution in [0.4, 0.5) is 0 Å². The minimum atomic E-state index is -0.377. The van der Waals surface area contributed by atoms with Gasteiger partial charge in [-0.3, -0.25) is 0 Å². The third kappa shape index (κ3) is 4.08. The second-order valence-electron chi connectivity index (χ2n) is 4.84. The lowest BCUT2D eigenvalue weighted by Crippen LogP contribution is -2.05. The van der Waals surface area contributed by atoms with Crippen LogP contribution < -0.4 is 4.74 Å². The summed E-state index contributed by atoms with van der Waals surface area (Å²) >= 11 is 9.49. The number of H-pyrrole nitrogens is 1. The molecule has 7 nitrogen and oxygen atoms in total. The Hall–Kier alpha value is -1.93. The topological polar surface area (TPSA) is 89.7 Å². The van der Waals surface area contributed by atoms with Gasteiger partial charge in [-0.1, -0.05) is 32.7 Å². The lowest BCUT2D eigenvalue weighted by atomic mass is 10.2. The summed E-state index contributed by atoms with van der Waals surface area (Å²) in [5.74, 6) is 1.57. The number of hydrogen-bond donors (Lipinski definition) is 1. The van der Waals surface area contributed by atoms with Gasteiger partial charge in [0, 0.05) is 17.3 Å². The number of aromatic amines is 1. The molecule has 0 aliphatic carbocycles. The molecule has 1 aromatic carbocycles. The fourth-order valence-electron chi connectivity index (χ4n) is 1.93. The van der Waals surface area contributed by atoms with Crippen molar-refractivity contribution in [2.45, 2.75) is 25.9 Å². The number of aryl methyl sites for hydroxylation is 2. The molecule has 2 aromatic heterocycles. The van der Waals surface area contributed by atoms with Gasteiger partial charge in [0.25, 0.3) is 0 Å². The van der Waals surface area contributed by atoms with E-state index in [2.05, 4.69) is 41.5 Å². The molecule has 120 valence electrons. The SMILES string of the molecule is CC(Oc1ccc(Br)cc1Cl)c1noc(CCc2cn[nH]n2)n1. The fraction of sp³-hybridized carbons (Fsp3) is 0.286. The molecule has 2 heterocycles. The molecule has 0 fully saturated rings. The van der Waals surface area contributed by atoms with E-state index >= 15 is 0 Å². The Labute approximate surface area is 145 Å². The number of ether oxygens (including phenoxy) is 1. The van der Waals surface area contributed by atoms with Crippen LogP contribution in [0.5, 0.6) is 5.75 Å². The predicted molar refractivity (Wildman–Crippen MR) is 86.3 cm³/mol. The quantitative estimate of drug-likeness (QED) is 0.683. The van der Waals surface area contributed by atoms with Gasteiger partial charge in [0.15, 0.2) is 6.10 Å². The van der Waals surface area contributed by atoms with E-state index in [1.807, 2.05) is 13.0 Å². The number of rotatable bonds is 6. The highest BCUT2D eigenvalue weighted by atomic mass is 79.9. The average Bonchev–Trinajstić information content (AvgIpc) is 3.18. The summed E-state index contributed by atoms with van der Waals surface area (Å²) in [7, 11) is 0. The molecule has 0 aliphatic rings. The molecular formula is C14H13BrClN5O2. The van der Waals surface area contributed by atoms with Gasteiger partial charge in [0.2, 0.25) is 11.7 Å². The third-order valence-corrected chi connectivity index (χ3v) is 3.89. The Morgan fingerprint density at radius 2 is 2.26 bits per heavy atom. The van der Waals surface area contributed by atoms with Crippen LogP contribution in [-0.2, 0) is 12.8 Å². The van der Waals surface area contributed by atoms with Crippen LogP contribution in [0.1, 0.15) is 30.4 Å². The Morgan fingerprint density at radius 1 is 1.39 bits per heavy atom. The van der Waals surface area contributed by atoms with Crippen LogP contribution >= 0.6 is 27.5 Å². The van der Waals surface area contributed by atoms with Crippen molar-refractivity contribution >= 4 is 27.5 Å². The number of nitrogens with zero attached hydrogens (tertiary/aromatic N) is 4. The van der Waals surface area contributed by atoms with Gasteiger partial charge in [0.05, 0.1) is 16.9 Å². The van der Waals surface area contributed by atoms with E-state index in [-0.39, 0.29) is 6.10 Å². The maximum Gasteiger partial charge on any atom is 0.227 e. The van der Waals surface area contributed by atoms with Crippen molar-refractivity contribution in [1.29, 1.82) is 0 Å². The molecule has 1 N–H and O–H groups in total. The van der Waals surface area contributed by atoms with Crippen molar-refractivity contribution in [2.24, 2.45) is 0 Å². The summed E-state index contributed by atoms with van der Waals surface area (Å²) in [4.78, 5) is 4.34. The Morgan fingerprint density at radius 3 is 3.00 bits per heavy atom. The molecule has 0 saturated heterocycles. The van der Waals surface area contributed by atoms with Gasteiger partial charge >= 0.3 is 0 Å². The van der Waals surface area contributed by atoms with E-state index in [1.165, 1.54) is 0 Å². The second kappa shape index (κ2) is 7.10. The van der Waals surface area contributed by atoms with Gasteiger partial charge in [0.1, 0.15) is 5.75 Å². The zero-order chi connectivity index (χ0) is 16.2. The summed E-state index contributed by atoms with van der Waals surface area (Å²) in [5.41, 5.74) is 0.843. The molecule has 0 amide bonds. The van der Waals surface area contributed by atoms with Gasteiger partial charge in [-0.25, -0.2) is 0 Å².